The van der Waals surface area contributed by atoms with Crippen LogP contribution in [0.4, 0.5) is 10.5 Å². The lowest BCUT2D eigenvalue weighted by Gasteiger charge is -2.14. The van der Waals surface area contributed by atoms with Gasteiger partial charge < -0.3 is 18.9 Å². The van der Waals surface area contributed by atoms with Crippen LogP contribution in [0.25, 0.3) is 6.08 Å². The molecule has 2 amide bonds. The van der Waals surface area contributed by atoms with Gasteiger partial charge in [0.15, 0.2) is 23.0 Å². The van der Waals surface area contributed by atoms with Gasteiger partial charge in [-0.1, -0.05) is 24.3 Å². The van der Waals surface area contributed by atoms with Crippen molar-refractivity contribution in [1.29, 1.82) is 0 Å². The van der Waals surface area contributed by atoms with Gasteiger partial charge in [-0.15, -0.1) is 0 Å². The molecule has 0 spiro atoms. The van der Waals surface area contributed by atoms with Gasteiger partial charge in [0.2, 0.25) is 0 Å². The number of rotatable bonds is 10. The fourth-order valence-electron chi connectivity index (χ4n) is 3.59. The van der Waals surface area contributed by atoms with Crippen LogP contribution in [-0.2, 0) is 4.79 Å². The average molecular weight is 551 g/mol. The van der Waals surface area contributed by atoms with Crippen molar-refractivity contribution in [3.8, 4) is 23.0 Å². The highest BCUT2D eigenvalue weighted by Crippen LogP contribution is 2.35. The van der Waals surface area contributed by atoms with Crippen LogP contribution in [0.2, 0.25) is 0 Å². The Kier molecular flexibility index (Phi) is 8.46. The maximum atomic E-state index is 12.9. The number of benzene rings is 3. The largest absolute Gasteiger partial charge is 0.493 e. The Balaban J connectivity index is 1.43. The number of nitro benzene ring substituents is 1. The van der Waals surface area contributed by atoms with Crippen LogP contribution in [0.15, 0.2) is 71.6 Å². The molecule has 0 unspecified atom stereocenters. The van der Waals surface area contributed by atoms with Crippen molar-refractivity contribution < 1.29 is 38.3 Å². The molecule has 0 saturated carbocycles. The zero-order valence-electron chi connectivity index (χ0n) is 20.8. The van der Waals surface area contributed by atoms with E-state index in [1.807, 2.05) is 0 Å². The summed E-state index contributed by atoms with van der Waals surface area (Å²) in [5, 5.41) is 10.6. The lowest BCUT2D eigenvalue weighted by atomic mass is 10.1. The number of nitro groups is 1. The van der Waals surface area contributed by atoms with E-state index in [2.05, 4.69) is 0 Å². The number of methoxy groups -OCH3 is 2. The van der Waals surface area contributed by atoms with E-state index in [1.165, 1.54) is 50.6 Å². The monoisotopic (exact) mass is 550 g/mol. The fourth-order valence-corrected chi connectivity index (χ4v) is 4.46. The van der Waals surface area contributed by atoms with Crippen molar-refractivity contribution >= 4 is 40.6 Å². The van der Waals surface area contributed by atoms with E-state index in [0.717, 1.165) is 22.7 Å². The molecule has 0 aromatic heterocycles. The minimum absolute atomic E-state index is 0.00121. The van der Waals surface area contributed by atoms with Crippen molar-refractivity contribution in [3.63, 3.8) is 0 Å². The second-order valence-electron chi connectivity index (χ2n) is 7.94. The third-order valence-electron chi connectivity index (χ3n) is 5.50. The normalized spacial score (nSPS) is 13.9. The first kappa shape index (κ1) is 27.2. The highest BCUT2D eigenvalue weighted by atomic mass is 32.2. The van der Waals surface area contributed by atoms with Gasteiger partial charge in [0.25, 0.3) is 16.8 Å². The first-order valence-electron chi connectivity index (χ1n) is 11.5. The van der Waals surface area contributed by atoms with E-state index in [4.69, 9.17) is 18.9 Å². The van der Waals surface area contributed by atoms with E-state index in [0.29, 0.717) is 17.1 Å². The predicted molar refractivity (Wildman–Crippen MR) is 142 cm³/mol. The smallest absolute Gasteiger partial charge is 0.343 e. The predicted octanol–water partition coefficient (Wildman–Crippen LogP) is 4.95. The molecule has 1 saturated heterocycles. The minimum Gasteiger partial charge on any atom is -0.493 e. The molecule has 39 heavy (non-hydrogen) atoms. The second kappa shape index (κ2) is 12.1. The van der Waals surface area contributed by atoms with E-state index < -0.39 is 22.0 Å². The molecule has 4 rings (SSSR count). The van der Waals surface area contributed by atoms with E-state index in [-0.39, 0.29) is 40.8 Å². The number of imide groups is 1. The van der Waals surface area contributed by atoms with Crippen molar-refractivity contribution in [2.24, 2.45) is 0 Å². The van der Waals surface area contributed by atoms with Gasteiger partial charge >= 0.3 is 5.97 Å². The lowest BCUT2D eigenvalue weighted by Crippen LogP contribution is -2.32. The van der Waals surface area contributed by atoms with Crippen LogP contribution >= 0.6 is 11.8 Å². The molecule has 3 aromatic rings. The number of carbonyl (C=O) groups excluding carboxylic acids is 3. The third-order valence-corrected chi connectivity index (χ3v) is 6.40. The molecule has 1 heterocycles. The highest BCUT2D eigenvalue weighted by Gasteiger charge is 2.35. The first-order valence-corrected chi connectivity index (χ1v) is 12.3. The Labute approximate surface area is 227 Å². The number of para-hydroxylation sites is 2. The van der Waals surface area contributed by atoms with Crippen molar-refractivity contribution in [3.05, 3.63) is 92.9 Å². The van der Waals surface area contributed by atoms with Crippen molar-refractivity contribution in [1.82, 2.24) is 4.90 Å². The maximum Gasteiger partial charge on any atom is 0.343 e. The topological polar surface area (TPSA) is 135 Å². The third kappa shape index (κ3) is 6.36. The molecule has 11 nitrogen and oxygen atoms in total. The summed E-state index contributed by atoms with van der Waals surface area (Å²) in [4.78, 5) is 49.5. The number of carbonyl (C=O) groups is 3. The van der Waals surface area contributed by atoms with Gasteiger partial charge in [0.1, 0.15) is 6.61 Å². The van der Waals surface area contributed by atoms with Crippen molar-refractivity contribution in [2.45, 2.75) is 0 Å². The summed E-state index contributed by atoms with van der Waals surface area (Å²) in [6.07, 6.45) is 1.53. The van der Waals surface area contributed by atoms with Crippen LogP contribution in [0, 0.1) is 10.1 Å². The SMILES string of the molecule is COc1ccccc1OCCN1C(=O)S/C(=C\c2ccc(OC(=O)c3cccc([N+](=O)[O-])c3)c(OC)c2)C1=O. The van der Waals surface area contributed by atoms with Gasteiger partial charge in [-0.05, 0) is 53.7 Å². The molecule has 12 heteroatoms. The van der Waals surface area contributed by atoms with Gasteiger partial charge in [0, 0.05) is 12.1 Å². The van der Waals surface area contributed by atoms with Crippen LogP contribution in [0.1, 0.15) is 15.9 Å². The number of non-ortho nitro benzene ring substituents is 1. The van der Waals surface area contributed by atoms with Gasteiger partial charge in [-0.2, -0.15) is 0 Å². The van der Waals surface area contributed by atoms with Crippen LogP contribution in [0.5, 0.6) is 23.0 Å². The second-order valence-corrected chi connectivity index (χ2v) is 8.93. The lowest BCUT2D eigenvalue weighted by molar-refractivity contribution is -0.384. The molecule has 200 valence electrons. The zero-order chi connectivity index (χ0) is 27.9. The molecular formula is C27H22N2O9S. The van der Waals surface area contributed by atoms with Crippen LogP contribution in [0.3, 0.4) is 0 Å². The molecule has 1 aliphatic rings. The summed E-state index contributed by atoms with van der Waals surface area (Å²) in [7, 11) is 2.89. The Bertz CT molecular complexity index is 1470. The van der Waals surface area contributed by atoms with E-state index in [9.17, 15) is 24.5 Å². The molecule has 0 radical (unpaired) electrons. The van der Waals surface area contributed by atoms with Gasteiger partial charge in [-0.3, -0.25) is 24.6 Å². The number of hydrogen-bond donors (Lipinski definition) is 0. The first-order chi connectivity index (χ1) is 18.8. The fraction of sp³-hybridized carbons (Fsp3) is 0.148. The van der Waals surface area contributed by atoms with Gasteiger partial charge in [-0.25, -0.2) is 4.79 Å². The summed E-state index contributed by atoms with van der Waals surface area (Å²) in [5.74, 6) is 0.0373. The van der Waals surface area contributed by atoms with Crippen LogP contribution < -0.4 is 18.9 Å². The van der Waals surface area contributed by atoms with E-state index in [1.54, 1.807) is 30.3 Å². The highest BCUT2D eigenvalue weighted by molar-refractivity contribution is 8.18. The Morgan fingerprint density at radius 2 is 1.69 bits per heavy atom. The van der Waals surface area contributed by atoms with E-state index >= 15 is 0 Å². The molecular weight excluding hydrogens is 528 g/mol. The standard InChI is InChI=1S/C27H22N2O9S/c1-35-20-8-3-4-9-21(20)37-13-12-28-25(30)24(39-27(28)32)15-17-10-11-22(23(14-17)36-2)38-26(31)18-6-5-7-19(16-18)29(33)34/h3-11,14-16H,12-13H2,1-2H3/b24-15-. The number of ether oxygens (including phenoxy) is 4. The molecule has 0 aliphatic carbocycles. The molecule has 1 fully saturated rings. The Morgan fingerprint density at radius 3 is 2.41 bits per heavy atom. The summed E-state index contributed by atoms with van der Waals surface area (Å²) in [6.45, 7) is 0.139. The summed E-state index contributed by atoms with van der Waals surface area (Å²) >= 11 is 0.797. The van der Waals surface area contributed by atoms with Gasteiger partial charge in [0.05, 0.1) is 36.2 Å². The average Bonchev–Trinajstić information content (AvgIpc) is 3.21. The summed E-state index contributed by atoms with van der Waals surface area (Å²) < 4.78 is 21.6. The number of thioether (sulfide) groups is 1. The minimum atomic E-state index is -0.804. The number of hydrogen-bond acceptors (Lipinski definition) is 10. The summed E-state index contributed by atoms with van der Waals surface area (Å²) in [5.41, 5.74) is 0.281. The Morgan fingerprint density at radius 1 is 0.949 bits per heavy atom. The molecule has 1 aliphatic heterocycles. The number of esters is 1. The molecule has 0 atom stereocenters. The molecule has 0 N–H and O–H groups in total. The maximum absolute atomic E-state index is 12.9. The molecule has 3 aromatic carbocycles. The Hall–Kier alpha value is -4.84. The zero-order valence-corrected chi connectivity index (χ0v) is 21.6. The number of amides is 2. The summed E-state index contributed by atoms with van der Waals surface area (Å²) in [6, 6.07) is 16.8. The van der Waals surface area contributed by atoms with Crippen LogP contribution in [-0.4, -0.2) is 54.3 Å². The quantitative estimate of drug-likeness (QED) is 0.112. The van der Waals surface area contributed by atoms with Crippen molar-refractivity contribution in [2.75, 3.05) is 27.4 Å². The molecule has 0 bridgehead atoms. The number of nitrogens with zero attached hydrogens (tertiary/aromatic N) is 2.